The molecule has 3 heterocycles. The number of nitrogens with zero attached hydrogens (tertiary/aromatic N) is 3. The molecule has 126 valence electrons. The standard InChI is InChI=1S/C18H11F4N3/c19-13-3-1-4-14-12(13)10-24-17(15-5-2-8-25(14)15)11-6-7-16(23-9-11)18(20,21)22/h1-9H,10H2. The van der Waals surface area contributed by atoms with Crippen LogP contribution in [0.1, 0.15) is 22.5 Å². The van der Waals surface area contributed by atoms with Crippen molar-refractivity contribution in [2.45, 2.75) is 12.7 Å². The first-order chi connectivity index (χ1) is 11.9. The topological polar surface area (TPSA) is 30.2 Å². The van der Waals surface area contributed by atoms with Crippen LogP contribution in [0.15, 0.2) is 59.9 Å². The summed E-state index contributed by atoms with van der Waals surface area (Å²) in [6, 6.07) is 10.6. The van der Waals surface area contributed by atoms with Gasteiger partial charge in [-0.3, -0.25) is 9.98 Å². The summed E-state index contributed by atoms with van der Waals surface area (Å²) in [6.45, 7) is 0.0973. The van der Waals surface area contributed by atoms with Crippen LogP contribution in [0, 0.1) is 5.82 Å². The Morgan fingerprint density at radius 1 is 1.00 bits per heavy atom. The van der Waals surface area contributed by atoms with Crippen molar-refractivity contribution in [3.63, 3.8) is 0 Å². The maximum Gasteiger partial charge on any atom is 0.433 e. The van der Waals surface area contributed by atoms with Crippen LogP contribution in [0.2, 0.25) is 0 Å². The molecule has 0 aliphatic carbocycles. The van der Waals surface area contributed by atoms with Crippen molar-refractivity contribution in [1.82, 2.24) is 9.55 Å². The van der Waals surface area contributed by atoms with Gasteiger partial charge in [0.25, 0.3) is 0 Å². The molecule has 0 unspecified atom stereocenters. The van der Waals surface area contributed by atoms with Crippen molar-refractivity contribution in [3.8, 4) is 5.69 Å². The lowest BCUT2D eigenvalue weighted by atomic mass is 10.1. The first-order valence-corrected chi connectivity index (χ1v) is 7.49. The lowest BCUT2D eigenvalue weighted by Crippen LogP contribution is -2.11. The second kappa shape index (κ2) is 5.54. The molecule has 25 heavy (non-hydrogen) atoms. The smallest absolute Gasteiger partial charge is 0.315 e. The maximum absolute atomic E-state index is 14.1. The number of alkyl halides is 3. The third-order valence-corrected chi connectivity index (χ3v) is 4.07. The van der Waals surface area contributed by atoms with Crippen LogP contribution in [-0.2, 0) is 12.7 Å². The number of hydrogen-bond acceptors (Lipinski definition) is 2. The van der Waals surface area contributed by atoms with Crippen molar-refractivity contribution >= 4 is 5.71 Å². The summed E-state index contributed by atoms with van der Waals surface area (Å²) < 4.78 is 54.0. The minimum atomic E-state index is -4.50. The summed E-state index contributed by atoms with van der Waals surface area (Å²) in [4.78, 5) is 7.93. The minimum absolute atomic E-state index is 0.0973. The molecule has 1 aromatic carbocycles. The van der Waals surface area contributed by atoms with Crippen LogP contribution in [0.5, 0.6) is 0 Å². The van der Waals surface area contributed by atoms with Crippen LogP contribution in [0.3, 0.4) is 0 Å². The first-order valence-electron chi connectivity index (χ1n) is 7.49. The van der Waals surface area contributed by atoms with Crippen LogP contribution < -0.4 is 0 Å². The zero-order valence-electron chi connectivity index (χ0n) is 12.8. The van der Waals surface area contributed by atoms with E-state index in [0.717, 1.165) is 12.3 Å². The molecular weight excluding hydrogens is 334 g/mol. The Hall–Kier alpha value is -2.96. The van der Waals surface area contributed by atoms with Gasteiger partial charge in [-0.05, 0) is 36.4 Å². The van der Waals surface area contributed by atoms with Crippen LogP contribution in [0.25, 0.3) is 5.69 Å². The predicted molar refractivity (Wildman–Crippen MR) is 84.3 cm³/mol. The van der Waals surface area contributed by atoms with Gasteiger partial charge in [0, 0.05) is 23.5 Å². The highest BCUT2D eigenvalue weighted by Gasteiger charge is 2.32. The van der Waals surface area contributed by atoms with E-state index in [0.29, 0.717) is 28.2 Å². The monoisotopic (exact) mass is 345 g/mol. The zero-order valence-corrected chi connectivity index (χ0v) is 12.8. The molecule has 0 amide bonds. The largest absolute Gasteiger partial charge is 0.433 e. The van der Waals surface area contributed by atoms with Gasteiger partial charge in [0.2, 0.25) is 0 Å². The molecule has 0 N–H and O–H groups in total. The van der Waals surface area contributed by atoms with Crippen LogP contribution in [-0.4, -0.2) is 15.3 Å². The van der Waals surface area contributed by atoms with Crippen molar-refractivity contribution in [1.29, 1.82) is 0 Å². The fourth-order valence-electron chi connectivity index (χ4n) is 2.89. The lowest BCUT2D eigenvalue weighted by Gasteiger charge is -2.11. The Kier molecular flexibility index (Phi) is 3.45. The number of halogens is 4. The summed E-state index contributed by atoms with van der Waals surface area (Å²) in [6.07, 6.45) is -1.58. The summed E-state index contributed by atoms with van der Waals surface area (Å²) >= 11 is 0. The van der Waals surface area contributed by atoms with E-state index in [1.807, 2.05) is 0 Å². The quantitative estimate of drug-likeness (QED) is 0.602. The van der Waals surface area contributed by atoms with Gasteiger partial charge < -0.3 is 4.57 Å². The summed E-state index contributed by atoms with van der Waals surface area (Å²) in [5.41, 5.74) is 1.73. The first kappa shape index (κ1) is 15.6. The highest BCUT2D eigenvalue weighted by atomic mass is 19.4. The molecular formula is C18H11F4N3. The van der Waals surface area contributed by atoms with E-state index in [1.165, 1.54) is 12.1 Å². The van der Waals surface area contributed by atoms with Gasteiger partial charge >= 0.3 is 6.18 Å². The van der Waals surface area contributed by atoms with Crippen molar-refractivity contribution < 1.29 is 17.6 Å². The van der Waals surface area contributed by atoms with E-state index in [9.17, 15) is 17.6 Å². The number of benzene rings is 1. The zero-order chi connectivity index (χ0) is 17.6. The van der Waals surface area contributed by atoms with E-state index < -0.39 is 11.9 Å². The third-order valence-electron chi connectivity index (χ3n) is 4.07. The fraction of sp³-hybridized carbons (Fsp3) is 0.111. The number of rotatable bonds is 1. The number of fused-ring (bicyclic) bond motifs is 3. The Balaban J connectivity index is 1.84. The summed E-state index contributed by atoms with van der Waals surface area (Å²) in [5, 5.41) is 0. The van der Waals surface area contributed by atoms with E-state index in [-0.39, 0.29) is 12.4 Å². The minimum Gasteiger partial charge on any atom is -0.315 e. The molecule has 0 radical (unpaired) electrons. The van der Waals surface area contributed by atoms with Gasteiger partial charge in [0.1, 0.15) is 11.5 Å². The molecule has 3 nitrogen and oxygen atoms in total. The SMILES string of the molecule is Fc1cccc2c1CN=C(c1ccc(C(F)(F)F)nc1)c1cccn1-2. The van der Waals surface area contributed by atoms with Gasteiger partial charge in [-0.25, -0.2) is 4.39 Å². The van der Waals surface area contributed by atoms with Gasteiger partial charge in [-0.15, -0.1) is 0 Å². The van der Waals surface area contributed by atoms with Crippen molar-refractivity contribution in [2.75, 3.05) is 0 Å². The van der Waals surface area contributed by atoms with Crippen molar-refractivity contribution in [3.05, 3.63) is 83.2 Å². The van der Waals surface area contributed by atoms with Crippen LogP contribution in [0.4, 0.5) is 17.6 Å². The average molecular weight is 345 g/mol. The Morgan fingerprint density at radius 2 is 1.84 bits per heavy atom. The molecule has 1 aliphatic rings. The van der Waals surface area contributed by atoms with E-state index in [4.69, 9.17) is 0 Å². The van der Waals surface area contributed by atoms with Gasteiger partial charge in [0.05, 0.1) is 23.6 Å². The molecule has 3 aromatic rings. The molecule has 0 spiro atoms. The highest BCUT2D eigenvalue weighted by Crippen LogP contribution is 2.29. The normalized spacial score (nSPS) is 13.7. The Labute approximate surface area is 140 Å². The lowest BCUT2D eigenvalue weighted by molar-refractivity contribution is -0.141. The van der Waals surface area contributed by atoms with E-state index >= 15 is 0 Å². The number of aliphatic imine (C=N–C) groups is 1. The molecule has 0 saturated heterocycles. The fourth-order valence-corrected chi connectivity index (χ4v) is 2.89. The van der Waals surface area contributed by atoms with Gasteiger partial charge in [-0.2, -0.15) is 13.2 Å². The van der Waals surface area contributed by atoms with Crippen LogP contribution >= 0.6 is 0 Å². The number of pyridine rings is 1. The molecule has 0 fully saturated rings. The number of aromatic nitrogens is 2. The number of hydrogen-bond donors (Lipinski definition) is 0. The van der Waals surface area contributed by atoms with E-state index in [1.54, 1.807) is 35.0 Å². The molecule has 4 rings (SSSR count). The van der Waals surface area contributed by atoms with Gasteiger partial charge in [-0.1, -0.05) is 6.07 Å². The second-order valence-corrected chi connectivity index (χ2v) is 5.60. The molecule has 0 atom stereocenters. The van der Waals surface area contributed by atoms with E-state index in [2.05, 4.69) is 9.98 Å². The average Bonchev–Trinajstić information content (AvgIpc) is 2.99. The molecule has 1 aliphatic heterocycles. The summed E-state index contributed by atoms with van der Waals surface area (Å²) in [5.74, 6) is -0.368. The van der Waals surface area contributed by atoms with Crippen molar-refractivity contribution in [2.24, 2.45) is 4.99 Å². The Morgan fingerprint density at radius 3 is 2.56 bits per heavy atom. The Bertz CT molecular complexity index is 969. The highest BCUT2D eigenvalue weighted by molar-refractivity contribution is 6.12. The maximum atomic E-state index is 14.1. The second-order valence-electron chi connectivity index (χ2n) is 5.60. The predicted octanol–water partition coefficient (Wildman–Crippen LogP) is 4.38. The molecule has 7 heteroatoms. The molecule has 2 aromatic heterocycles. The molecule has 0 saturated carbocycles. The molecule has 0 bridgehead atoms. The third kappa shape index (κ3) is 2.61. The summed E-state index contributed by atoms with van der Waals surface area (Å²) in [7, 11) is 0. The van der Waals surface area contributed by atoms with Gasteiger partial charge in [0.15, 0.2) is 0 Å².